The molecule has 0 aromatic carbocycles. The predicted octanol–water partition coefficient (Wildman–Crippen LogP) is 1.39. The first kappa shape index (κ1) is 14.7. The molecule has 6 heteroatoms. The highest BCUT2D eigenvalue weighted by molar-refractivity contribution is 5.94. The molecule has 3 rings (SSSR count). The van der Waals surface area contributed by atoms with Crippen LogP contribution in [-0.2, 0) is 0 Å². The van der Waals surface area contributed by atoms with Crippen molar-refractivity contribution >= 4 is 5.91 Å². The van der Waals surface area contributed by atoms with Crippen molar-refractivity contribution in [2.45, 2.75) is 26.7 Å². The summed E-state index contributed by atoms with van der Waals surface area (Å²) in [5.41, 5.74) is 2.35. The quantitative estimate of drug-likeness (QED) is 0.874. The summed E-state index contributed by atoms with van der Waals surface area (Å²) in [6.45, 7) is 4.54. The topological polar surface area (TPSA) is 80.0 Å². The molecule has 2 heterocycles. The molecule has 1 aliphatic carbocycles. The highest BCUT2D eigenvalue weighted by Gasteiger charge is 2.42. The van der Waals surface area contributed by atoms with Crippen LogP contribution in [0.15, 0.2) is 24.4 Å². The van der Waals surface area contributed by atoms with Crippen LogP contribution in [0.1, 0.15) is 34.6 Å². The van der Waals surface area contributed by atoms with E-state index in [1.807, 2.05) is 19.9 Å². The van der Waals surface area contributed by atoms with Crippen LogP contribution in [0.3, 0.4) is 0 Å². The zero-order valence-corrected chi connectivity index (χ0v) is 12.8. The number of aromatic nitrogens is 3. The lowest BCUT2D eigenvalue weighted by atomic mass is 10.1. The van der Waals surface area contributed by atoms with E-state index in [1.54, 1.807) is 23.0 Å². The zero-order chi connectivity index (χ0) is 15.7. The molecule has 0 atom stereocenters. The fourth-order valence-corrected chi connectivity index (χ4v) is 2.44. The van der Waals surface area contributed by atoms with Gasteiger partial charge in [-0.05, 0) is 44.9 Å². The highest BCUT2D eigenvalue weighted by atomic mass is 16.3. The minimum absolute atomic E-state index is 0.0905. The van der Waals surface area contributed by atoms with Crippen molar-refractivity contribution < 1.29 is 9.90 Å². The van der Waals surface area contributed by atoms with Gasteiger partial charge in [0.05, 0.1) is 17.9 Å². The van der Waals surface area contributed by atoms with Gasteiger partial charge in [-0.15, -0.1) is 0 Å². The van der Waals surface area contributed by atoms with Crippen molar-refractivity contribution in [1.29, 1.82) is 0 Å². The van der Waals surface area contributed by atoms with Crippen molar-refractivity contribution in [1.82, 2.24) is 20.1 Å². The summed E-state index contributed by atoms with van der Waals surface area (Å²) in [7, 11) is 0. The number of carbonyl (C=O) groups is 1. The maximum atomic E-state index is 12.1. The van der Waals surface area contributed by atoms with Crippen LogP contribution in [0, 0.1) is 19.3 Å². The summed E-state index contributed by atoms with van der Waals surface area (Å²) in [5, 5.41) is 16.5. The molecule has 0 aliphatic heterocycles. The molecule has 0 bridgehead atoms. The maximum Gasteiger partial charge on any atom is 0.252 e. The van der Waals surface area contributed by atoms with Crippen LogP contribution in [0.2, 0.25) is 0 Å². The van der Waals surface area contributed by atoms with E-state index in [-0.39, 0.29) is 17.9 Å². The lowest BCUT2D eigenvalue weighted by Gasteiger charge is -2.12. The Morgan fingerprint density at radius 1 is 1.41 bits per heavy atom. The Morgan fingerprint density at radius 2 is 2.18 bits per heavy atom. The summed E-state index contributed by atoms with van der Waals surface area (Å²) in [4.78, 5) is 16.4. The number of hydrogen-bond donors (Lipinski definition) is 2. The molecule has 1 aliphatic rings. The fraction of sp³-hybridized carbons (Fsp3) is 0.438. The van der Waals surface area contributed by atoms with E-state index in [9.17, 15) is 9.90 Å². The van der Waals surface area contributed by atoms with Crippen molar-refractivity contribution in [2.75, 3.05) is 13.2 Å². The predicted molar refractivity (Wildman–Crippen MR) is 81.9 cm³/mol. The number of aliphatic hydroxyl groups excluding tert-OH is 1. The third kappa shape index (κ3) is 2.87. The number of aliphatic hydroxyl groups is 1. The van der Waals surface area contributed by atoms with Crippen LogP contribution >= 0.6 is 0 Å². The molecule has 116 valence electrons. The molecule has 1 amide bonds. The summed E-state index contributed by atoms with van der Waals surface area (Å²) in [5.74, 6) is 0.531. The number of aryl methyl sites for hydroxylation is 2. The average molecular weight is 300 g/mol. The average Bonchev–Trinajstić information content (AvgIpc) is 3.23. The molecule has 2 aromatic rings. The van der Waals surface area contributed by atoms with Crippen molar-refractivity contribution in [3.8, 4) is 5.82 Å². The number of hydrogen-bond acceptors (Lipinski definition) is 4. The number of nitrogens with one attached hydrogen (secondary N) is 1. The monoisotopic (exact) mass is 300 g/mol. The number of amides is 1. The molecule has 0 radical (unpaired) electrons. The van der Waals surface area contributed by atoms with E-state index in [1.165, 1.54) is 0 Å². The molecule has 22 heavy (non-hydrogen) atoms. The summed E-state index contributed by atoms with van der Waals surface area (Å²) in [6, 6.07) is 5.51. The van der Waals surface area contributed by atoms with E-state index in [0.717, 1.165) is 24.2 Å². The molecule has 0 spiro atoms. The van der Waals surface area contributed by atoms with Gasteiger partial charge < -0.3 is 10.4 Å². The van der Waals surface area contributed by atoms with Gasteiger partial charge >= 0.3 is 0 Å². The van der Waals surface area contributed by atoms with E-state index < -0.39 is 0 Å². The first-order valence-corrected chi connectivity index (χ1v) is 7.42. The van der Waals surface area contributed by atoms with Crippen LogP contribution in [0.4, 0.5) is 0 Å². The van der Waals surface area contributed by atoms with Crippen molar-refractivity contribution in [3.63, 3.8) is 0 Å². The number of carbonyl (C=O) groups excluding carboxylic acids is 1. The number of nitrogens with zero attached hydrogens (tertiary/aromatic N) is 3. The third-order valence-electron chi connectivity index (χ3n) is 4.15. The zero-order valence-electron chi connectivity index (χ0n) is 12.8. The van der Waals surface area contributed by atoms with E-state index in [2.05, 4.69) is 15.4 Å². The third-order valence-corrected chi connectivity index (χ3v) is 4.15. The Bertz CT molecular complexity index is 687. The molecule has 0 saturated heterocycles. The standard InChI is InChI=1S/C16H20N4O2/c1-11-7-12(2)20(19-11)14-4-3-13(8-17-14)15(22)18-9-16(10-21)5-6-16/h3-4,7-8,21H,5-6,9-10H2,1-2H3,(H,18,22). The van der Waals surface area contributed by atoms with Gasteiger partial charge in [-0.2, -0.15) is 5.10 Å². The molecule has 0 unspecified atom stereocenters. The Morgan fingerprint density at radius 3 is 2.68 bits per heavy atom. The Balaban J connectivity index is 1.68. The van der Waals surface area contributed by atoms with E-state index in [0.29, 0.717) is 17.9 Å². The van der Waals surface area contributed by atoms with Gasteiger partial charge in [-0.25, -0.2) is 9.67 Å². The highest BCUT2D eigenvalue weighted by Crippen LogP contribution is 2.44. The summed E-state index contributed by atoms with van der Waals surface area (Å²) in [6.07, 6.45) is 3.50. The molecule has 2 aromatic heterocycles. The van der Waals surface area contributed by atoms with Gasteiger partial charge in [0.1, 0.15) is 0 Å². The lowest BCUT2D eigenvalue weighted by molar-refractivity contribution is 0.0935. The van der Waals surface area contributed by atoms with E-state index >= 15 is 0 Å². The molecule has 6 nitrogen and oxygen atoms in total. The SMILES string of the molecule is Cc1cc(C)n(-c2ccc(C(=O)NCC3(CO)CC3)cn2)n1. The molecular weight excluding hydrogens is 280 g/mol. The van der Waals surface area contributed by atoms with Crippen molar-refractivity contribution in [3.05, 3.63) is 41.3 Å². The van der Waals surface area contributed by atoms with E-state index in [4.69, 9.17) is 0 Å². The first-order valence-electron chi connectivity index (χ1n) is 7.42. The smallest absolute Gasteiger partial charge is 0.252 e. The van der Waals surface area contributed by atoms with Gasteiger partial charge in [0.2, 0.25) is 0 Å². The number of pyridine rings is 1. The van der Waals surface area contributed by atoms with Gasteiger partial charge in [0.15, 0.2) is 5.82 Å². The second-order valence-electron chi connectivity index (χ2n) is 6.08. The lowest BCUT2D eigenvalue weighted by Crippen LogP contribution is -2.31. The van der Waals surface area contributed by atoms with Gasteiger partial charge in [-0.3, -0.25) is 4.79 Å². The Hall–Kier alpha value is -2.21. The van der Waals surface area contributed by atoms with Gasteiger partial charge in [0.25, 0.3) is 5.91 Å². The number of rotatable bonds is 5. The summed E-state index contributed by atoms with van der Waals surface area (Å²) < 4.78 is 1.75. The van der Waals surface area contributed by atoms with Gasteiger partial charge in [-0.1, -0.05) is 0 Å². The largest absolute Gasteiger partial charge is 0.396 e. The second-order valence-corrected chi connectivity index (χ2v) is 6.08. The fourth-order valence-electron chi connectivity index (χ4n) is 2.44. The molecular formula is C16H20N4O2. The maximum absolute atomic E-state index is 12.1. The van der Waals surface area contributed by atoms with Crippen LogP contribution in [0.5, 0.6) is 0 Å². The minimum atomic E-state index is -0.160. The van der Waals surface area contributed by atoms with Crippen LogP contribution in [0.25, 0.3) is 5.82 Å². The van der Waals surface area contributed by atoms with Crippen molar-refractivity contribution in [2.24, 2.45) is 5.41 Å². The summed E-state index contributed by atoms with van der Waals surface area (Å²) >= 11 is 0. The second kappa shape index (κ2) is 5.53. The Kier molecular flexibility index (Phi) is 3.70. The van der Waals surface area contributed by atoms with Crippen LogP contribution < -0.4 is 5.32 Å². The Labute approximate surface area is 129 Å². The molecule has 1 fully saturated rings. The normalized spacial score (nSPS) is 15.6. The minimum Gasteiger partial charge on any atom is -0.396 e. The molecule has 2 N–H and O–H groups in total. The molecule has 1 saturated carbocycles. The van der Waals surface area contributed by atoms with Crippen LogP contribution in [-0.4, -0.2) is 38.9 Å². The van der Waals surface area contributed by atoms with Gasteiger partial charge in [0, 0.05) is 23.9 Å². The first-order chi connectivity index (χ1) is 10.5.